The maximum absolute atomic E-state index is 12.1. The van der Waals surface area contributed by atoms with Gasteiger partial charge in [0.15, 0.2) is 0 Å². The average molecular weight is 382 g/mol. The van der Waals surface area contributed by atoms with Crippen molar-refractivity contribution < 1.29 is 9.72 Å². The highest BCUT2D eigenvalue weighted by Crippen LogP contribution is 2.23. The van der Waals surface area contributed by atoms with Crippen molar-refractivity contribution in [1.82, 2.24) is 0 Å². The van der Waals surface area contributed by atoms with Gasteiger partial charge in [0.05, 0.1) is 10.5 Å². The number of halogens is 1. The van der Waals surface area contributed by atoms with E-state index in [4.69, 9.17) is 0 Å². The summed E-state index contributed by atoms with van der Waals surface area (Å²) in [4.78, 5) is 22.5. The molecule has 20 heavy (non-hydrogen) atoms. The number of carbonyl (C=O) groups excluding carboxylic acids is 1. The molecule has 0 spiro atoms. The fraction of sp³-hybridized carbons (Fsp3) is 0.0714. The molecule has 0 aliphatic rings. The molecule has 0 aliphatic heterocycles. The van der Waals surface area contributed by atoms with Gasteiger partial charge >= 0.3 is 0 Å². The molecule has 6 heteroatoms. The normalized spacial score (nSPS) is 10.1. The van der Waals surface area contributed by atoms with Crippen LogP contribution in [0.5, 0.6) is 0 Å². The summed E-state index contributed by atoms with van der Waals surface area (Å²) in [5.74, 6) is -0.284. The Bertz CT molecular complexity index is 686. The minimum atomic E-state index is -0.461. The molecular formula is C14H11IN2O3. The molecule has 0 aliphatic carbocycles. The largest absolute Gasteiger partial charge is 0.322 e. The SMILES string of the molecule is Cc1ccc(NC(=O)c2ccccc2I)cc1[N+](=O)[O-]. The van der Waals surface area contributed by atoms with Gasteiger partial charge < -0.3 is 5.32 Å². The molecule has 102 valence electrons. The van der Waals surface area contributed by atoms with Gasteiger partial charge in [-0.25, -0.2) is 0 Å². The van der Waals surface area contributed by atoms with Crippen LogP contribution in [0.4, 0.5) is 11.4 Å². The zero-order valence-corrected chi connectivity index (χ0v) is 12.7. The molecule has 5 nitrogen and oxygen atoms in total. The van der Waals surface area contributed by atoms with E-state index in [1.807, 2.05) is 12.1 Å². The lowest BCUT2D eigenvalue weighted by atomic mass is 10.1. The van der Waals surface area contributed by atoms with Crippen LogP contribution in [0.15, 0.2) is 42.5 Å². The van der Waals surface area contributed by atoms with Crippen molar-refractivity contribution in [2.75, 3.05) is 5.32 Å². The van der Waals surface area contributed by atoms with Gasteiger partial charge in [-0.05, 0) is 47.7 Å². The number of nitrogens with zero attached hydrogens (tertiary/aromatic N) is 1. The highest BCUT2D eigenvalue weighted by atomic mass is 127. The third-order valence-corrected chi connectivity index (χ3v) is 3.72. The van der Waals surface area contributed by atoms with Crippen molar-refractivity contribution in [1.29, 1.82) is 0 Å². The molecule has 0 fully saturated rings. The number of nitrogens with one attached hydrogen (secondary N) is 1. The fourth-order valence-corrected chi connectivity index (χ4v) is 2.36. The van der Waals surface area contributed by atoms with Crippen LogP contribution in [-0.2, 0) is 0 Å². The van der Waals surface area contributed by atoms with Crippen molar-refractivity contribution in [3.05, 3.63) is 67.3 Å². The summed E-state index contributed by atoms with van der Waals surface area (Å²) in [6.45, 7) is 1.66. The highest BCUT2D eigenvalue weighted by molar-refractivity contribution is 14.1. The first kappa shape index (κ1) is 14.4. The number of rotatable bonds is 3. The second-order valence-corrected chi connectivity index (χ2v) is 5.35. The number of amides is 1. The first-order valence-corrected chi connectivity index (χ1v) is 6.88. The van der Waals surface area contributed by atoms with Gasteiger partial charge in [-0.3, -0.25) is 14.9 Å². The predicted octanol–water partition coefficient (Wildman–Crippen LogP) is 3.76. The second kappa shape index (κ2) is 6.00. The Hall–Kier alpha value is -1.96. The Morgan fingerprint density at radius 2 is 1.95 bits per heavy atom. The predicted molar refractivity (Wildman–Crippen MR) is 84.9 cm³/mol. The molecule has 2 aromatic rings. The summed E-state index contributed by atoms with van der Waals surface area (Å²) < 4.78 is 0.823. The highest BCUT2D eigenvalue weighted by Gasteiger charge is 2.14. The minimum Gasteiger partial charge on any atom is -0.322 e. The number of hydrogen-bond acceptors (Lipinski definition) is 3. The standard InChI is InChI=1S/C14H11IN2O3/c1-9-6-7-10(8-13(9)17(19)20)16-14(18)11-4-2-3-5-12(11)15/h2-8H,1H3,(H,16,18). The molecule has 1 N–H and O–H groups in total. The molecule has 0 heterocycles. The van der Waals surface area contributed by atoms with Gasteiger partial charge in [-0.1, -0.05) is 18.2 Å². The van der Waals surface area contributed by atoms with E-state index < -0.39 is 4.92 Å². The number of carbonyl (C=O) groups is 1. The van der Waals surface area contributed by atoms with Gasteiger partial charge in [-0.15, -0.1) is 0 Å². The third kappa shape index (κ3) is 3.13. The Kier molecular flexibility index (Phi) is 4.33. The molecule has 2 aromatic carbocycles. The van der Waals surface area contributed by atoms with Crippen LogP contribution in [0.1, 0.15) is 15.9 Å². The summed E-state index contributed by atoms with van der Waals surface area (Å²) >= 11 is 2.07. The van der Waals surface area contributed by atoms with Gasteiger partial charge in [-0.2, -0.15) is 0 Å². The number of nitro groups is 1. The van der Waals surface area contributed by atoms with Crippen molar-refractivity contribution in [2.24, 2.45) is 0 Å². The lowest BCUT2D eigenvalue weighted by Gasteiger charge is -2.07. The summed E-state index contributed by atoms with van der Waals surface area (Å²) in [6.07, 6.45) is 0. The minimum absolute atomic E-state index is 0.00874. The zero-order chi connectivity index (χ0) is 14.7. The number of hydrogen-bond donors (Lipinski definition) is 1. The number of anilines is 1. The molecule has 2 rings (SSSR count). The van der Waals surface area contributed by atoms with Gasteiger partial charge in [0.1, 0.15) is 0 Å². The van der Waals surface area contributed by atoms with E-state index in [2.05, 4.69) is 27.9 Å². The molecule has 1 amide bonds. The van der Waals surface area contributed by atoms with Gasteiger partial charge in [0.2, 0.25) is 0 Å². The van der Waals surface area contributed by atoms with Gasteiger partial charge in [0.25, 0.3) is 11.6 Å². The topological polar surface area (TPSA) is 72.2 Å². The number of nitro benzene ring substituents is 1. The first-order chi connectivity index (χ1) is 9.49. The van der Waals surface area contributed by atoms with Gasteiger partial charge in [0, 0.05) is 20.9 Å². The van der Waals surface area contributed by atoms with Crippen LogP contribution in [0.25, 0.3) is 0 Å². The molecule has 0 unspecified atom stereocenters. The summed E-state index contributed by atoms with van der Waals surface area (Å²) in [5, 5.41) is 13.5. The van der Waals surface area contributed by atoms with Crippen molar-refractivity contribution >= 4 is 39.9 Å². The van der Waals surface area contributed by atoms with E-state index in [0.29, 0.717) is 16.8 Å². The van der Waals surface area contributed by atoms with E-state index in [-0.39, 0.29) is 11.6 Å². The van der Waals surface area contributed by atoms with E-state index in [1.54, 1.807) is 31.2 Å². The van der Waals surface area contributed by atoms with Crippen LogP contribution in [0.2, 0.25) is 0 Å². The maximum Gasteiger partial charge on any atom is 0.274 e. The lowest BCUT2D eigenvalue weighted by molar-refractivity contribution is -0.385. The van der Waals surface area contributed by atoms with Crippen LogP contribution < -0.4 is 5.32 Å². The van der Waals surface area contributed by atoms with Crippen LogP contribution in [-0.4, -0.2) is 10.8 Å². The Morgan fingerprint density at radius 1 is 1.25 bits per heavy atom. The molecule has 0 atom stereocenters. The molecule has 0 saturated carbocycles. The smallest absolute Gasteiger partial charge is 0.274 e. The van der Waals surface area contributed by atoms with E-state index in [1.165, 1.54) is 6.07 Å². The molecule has 0 saturated heterocycles. The molecule has 0 radical (unpaired) electrons. The zero-order valence-electron chi connectivity index (χ0n) is 10.6. The Morgan fingerprint density at radius 3 is 2.60 bits per heavy atom. The van der Waals surface area contributed by atoms with E-state index in [0.717, 1.165) is 3.57 Å². The third-order valence-electron chi connectivity index (χ3n) is 2.78. The lowest BCUT2D eigenvalue weighted by Crippen LogP contribution is -2.13. The quantitative estimate of drug-likeness (QED) is 0.499. The Balaban J connectivity index is 2.27. The first-order valence-electron chi connectivity index (χ1n) is 5.80. The van der Waals surface area contributed by atoms with Crippen molar-refractivity contribution in [3.8, 4) is 0 Å². The maximum atomic E-state index is 12.1. The molecule has 0 bridgehead atoms. The molecule has 0 aromatic heterocycles. The Labute approximate surface area is 129 Å². The summed E-state index contributed by atoms with van der Waals surface area (Å²) in [5.41, 5.74) is 1.50. The number of benzene rings is 2. The fourth-order valence-electron chi connectivity index (χ4n) is 1.73. The van der Waals surface area contributed by atoms with Crippen LogP contribution >= 0.6 is 22.6 Å². The molecular weight excluding hydrogens is 371 g/mol. The van der Waals surface area contributed by atoms with E-state index >= 15 is 0 Å². The second-order valence-electron chi connectivity index (χ2n) is 4.19. The van der Waals surface area contributed by atoms with Crippen LogP contribution in [0.3, 0.4) is 0 Å². The van der Waals surface area contributed by atoms with Crippen molar-refractivity contribution in [2.45, 2.75) is 6.92 Å². The van der Waals surface area contributed by atoms with Crippen molar-refractivity contribution in [3.63, 3.8) is 0 Å². The average Bonchev–Trinajstić information content (AvgIpc) is 2.41. The van der Waals surface area contributed by atoms with E-state index in [9.17, 15) is 14.9 Å². The summed E-state index contributed by atoms with van der Waals surface area (Å²) in [7, 11) is 0. The monoisotopic (exact) mass is 382 g/mol. The number of aryl methyl sites for hydroxylation is 1. The van der Waals surface area contributed by atoms with Crippen LogP contribution in [0, 0.1) is 20.6 Å². The summed E-state index contributed by atoms with van der Waals surface area (Å²) in [6, 6.07) is 11.8.